The summed E-state index contributed by atoms with van der Waals surface area (Å²) < 4.78 is 90.2. The van der Waals surface area contributed by atoms with Crippen molar-refractivity contribution in [3.05, 3.63) is 229 Å². The SMILES string of the molecule is C=C/C=C\C(=C)C(=C)C1=C(C(=C)/C(C)=C/C=C\C)c2ccc3c4ccc5c6c(ccc(c7ccc1c2c37)c64)-c1c-5c(-c2ccccc2)c2ccccc2c1-c1cccc(C(F)(F)F)c1C(F)(F)F. The van der Waals surface area contributed by atoms with Gasteiger partial charge in [0.05, 0.1) is 11.1 Å². The van der Waals surface area contributed by atoms with Gasteiger partial charge in [-0.3, -0.25) is 0 Å². The zero-order valence-corrected chi connectivity index (χ0v) is 37.1. The molecule has 9 aromatic carbocycles. The molecule has 0 fully saturated rings. The summed E-state index contributed by atoms with van der Waals surface area (Å²) in [4.78, 5) is 0. The average molecular weight is 899 g/mol. The molecular formula is C62H40F6. The van der Waals surface area contributed by atoms with Crippen molar-refractivity contribution in [3.63, 3.8) is 0 Å². The van der Waals surface area contributed by atoms with E-state index in [9.17, 15) is 13.2 Å². The van der Waals surface area contributed by atoms with E-state index in [2.05, 4.69) is 56.6 Å². The fourth-order valence-electron chi connectivity index (χ4n) is 11.1. The maximum atomic E-state index is 15.4. The van der Waals surface area contributed by atoms with Crippen LogP contribution in [0.15, 0.2) is 206 Å². The van der Waals surface area contributed by atoms with Crippen LogP contribution in [0.2, 0.25) is 0 Å². The summed E-state index contributed by atoms with van der Waals surface area (Å²) in [6, 6.07) is 36.2. The van der Waals surface area contributed by atoms with Crippen LogP contribution in [0, 0.1) is 0 Å². The Balaban J connectivity index is 1.26. The topological polar surface area (TPSA) is 0 Å². The van der Waals surface area contributed by atoms with Gasteiger partial charge in [-0.05, 0) is 163 Å². The molecule has 0 bridgehead atoms. The van der Waals surface area contributed by atoms with Gasteiger partial charge in [-0.1, -0.05) is 178 Å². The number of halogens is 6. The number of benzene rings is 9. The van der Waals surface area contributed by atoms with Crippen LogP contribution >= 0.6 is 0 Å². The van der Waals surface area contributed by atoms with Gasteiger partial charge in [-0.2, -0.15) is 26.3 Å². The van der Waals surface area contributed by atoms with Crippen molar-refractivity contribution in [2.24, 2.45) is 0 Å². The predicted molar refractivity (Wildman–Crippen MR) is 273 cm³/mol. The normalized spacial score (nSPS) is 13.7. The summed E-state index contributed by atoms with van der Waals surface area (Å²) in [6.07, 6.45) is 0.854. The van der Waals surface area contributed by atoms with E-state index in [-0.39, 0.29) is 5.56 Å². The van der Waals surface area contributed by atoms with Gasteiger partial charge in [0.25, 0.3) is 0 Å². The first kappa shape index (κ1) is 42.7. The molecule has 0 saturated heterocycles. The first-order chi connectivity index (χ1) is 32.7. The third kappa shape index (κ3) is 6.02. The number of alkyl halides is 6. The molecule has 0 saturated carbocycles. The first-order valence-electron chi connectivity index (χ1n) is 22.2. The molecule has 0 atom stereocenters. The quantitative estimate of drug-likeness (QED) is 0.0586. The van der Waals surface area contributed by atoms with Crippen molar-refractivity contribution in [2.75, 3.05) is 0 Å². The fourth-order valence-corrected chi connectivity index (χ4v) is 11.1. The monoisotopic (exact) mass is 898 g/mol. The molecule has 0 radical (unpaired) electrons. The zero-order chi connectivity index (χ0) is 47.6. The lowest BCUT2D eigenvalue weighted by Gasteiger charge is -2.24. The highest BCUT2D eigenvalue weighted by molar-refractivity contribution is 6.41. The van der Waals surface area contributed by atoms with E-state index in [0.29, 0.717) is 33.5 Å². The number of allylic oxidation sites excluding steroid dienone is 12. The largest absolute Gasteiger partial charge is 0.417 e. The van der Waals surface area contributed by atoms with E-state index in [1.807, 2.05) is 105 Å². The number of hydrogen-bond acceptors (Lipinski definition) is 0. The van der Waals surface area contributed by atoms with Gasteiger partial charge in [0.15, 0.2) is 0 Å². The van der Waals surface area contributed by atoms with Crippen molar-refractivity contribution >= 4 is 65.0 Å². The summed E-state index contributed by atoms with van der Waals surface area (Å²) in [6.45, 7) is 21.5. The zero-order valence-electron chi connectivity index (χ0n) is 37.1. The Kier molecular flexibility index (Phi) is 9.59. The van der Waals surface area contributed by atoms with Crippen LogP contribution in [0.5, 0.6) is 0 Å². The van der Waals surface area contributed by atoms with Crippen molar-refractivity contribution in [1.82, 2.24) is 0 Å². The second-order valence-electron chi connectivity index (χ2n) is 17.5. The molecule has 2 aliphatic rings. The fraction of sp³-hybridized carbons (Fsp3) is 0.0645. The lowest BCUT2D eigenvalue weighted by atomic mass is 9.81. The molecule has 9 aromatic rings. The molecule has 11 rings (SSSR count). The van der Waals surface area contributed by atoms with Gasteiger partial charge in [0.1, 0.15) is 0 Å². The Morgan fingerprint density at radius 1 is 0.471 bits per heavy atom. The highest BCUT2D eigenvalue weighted by atomic mass is 19.4. The minimum Gasteiger partial charge on any atom is -0.166 e. The van der Waals surface area contributed by atoms with Gasteiger partial charge in [0.2, 0.25) is 0 Å². The Labute approximate surface area is 389 Å². The van der Waals surface area contributed by atoms with E-state index >= 15 is 13.2 Å². The van der Waals surface area contributed by atoms with E-state index in [4.69, 9.17) is 0 Å². The van der Waals surface area contributed by atoms with Crippen LogP contribution in [0.1, 0.15) is 36.1 Å². The molecule has 0 spiro atoms. The van der Waals surface area contributed by atoms with Crippen molar-refractivity contribution in [1.29, 1.82) is 0 Å². The highest BCUT2D eigenvalue weighted by Gasteiger charge is 2.46. The molecule has 0 aromatic heterocycles. The lowest BCUT2D eigenvalue weighted by molar-refractivity contribution is -0.161. The average Bonchev–Trinajstić information content (AvgIpc) is 3.85. The molecule has 0 heterocycles. The summed E-state index contributed by atoms with van der Waals surface area (Å²) >= 11 is 0. The molecular weight excluding hydrogens is 859 g/mol. The maximum Gasteiger partial charge on any atom is 0.417 e. The van der Waals surface area contributed by atoms with Crippen molar-refractivity contribution < 1.29 is 26.3 Å². The van der Waals surface area contributed by atoms with Crippen LogP contribution < -0.4 is 0 Å². The van der Waals surface area contributed by atoms with Crippen LogP contribution in [-0.4, -0.2) is 0 Å². The van der Waals surface area contributed by atoms with Crippen LogP contribution in [-0.2, 0) is 12.4 Å². The van der Waals surface area contributed by atoms with Gasteiger partial charge < -0.3 is 0 Å². The second kappa shape index (κ2) is 15.3. The Morgan fingerprint density at radius 2 is 0.985 bits per heavy atom. The van der Waals surface area contributed by atoms with E-state index in [1.54, 1.807) is 18.2 Å². The van der Waals surface area contributed by atoms with Crippen molar-refractivity contribution in [2.45, 2.75) is 26.2 Å². The standard InChI is InChI=1S/C62H40F6/c1-7-9-17-33(3)35(5)50-44-29-25-40-42-27-31-46-57-47(32-28-43(54(42)57)41-26-30-45(56(44)53(40)41)51(50)36(6)34(4)18-10-8-2)59-55(48-23-16-24-49(61(63,64)65)60(48)62(66,67)68)39-22-15-14-21-38(39)52(58(46)59)37-19-12-11-13-20-37/h7-32H,2,4-6H2,1,3H3/b9-7-,18-10-,33-17+. The lowest BCUT2D eigenvalue weighted by Crippen LogP contribution is -2.18. The molecule has 0 unspecified atom stereocenters. The molecule has 330 valence electrons. The maximum absolute atomic E-state index is 15.4. The highest BCUT2D eigenvalue weighted by Crippen LogP contribution is 2.62. The predicted octanol–water partition coefficient (Wildman–Crippen LogP) is 19.1. The first-order valence-corrected chi connectivity index (χ1v) is 22.2. The number of fused-ring (bicyclic) bond motifs is 6. The molecule has 0 nitrogen and oxygen atoms in total. The molecule has 0 aliphatic heterocycles. The van der Waals surface area contributed by atoms with Crippen LogP contribution in [0.4, 0.5) is 26.3 Å². The van der Waals surface area contributed by atoms with Crippen molar-refractivity contribution in [3.8, 4) is 44.5 Å². The molecule has 6 heteroatoms. The van der Waals surface area contributed by atoms with E-state index in [1.165, 1.54) is 6.07 Å². The molecule has 2 aliphatic carbocycles. The molecule has 0 N–H and O–H groups in total. The number of hydrogen-bond donors (Lipinski definition) is 0. The van der Waals surface area contributed by atoms with Gasteiger partial charge in [-0.25, -0.2) is 0 Å². The summed E-state index contributed by atoms with van der Waals surface area (Å²) in [5, 5.41) is 8.79. The minimum absolute atomic E-state index is 0.107. The Bertz CT molecular complexity index is 3860. The smallest absolute Gasteiger partial charge is 0.166 e. The summed E-state index contributed by atoms with van der Waals surface area (Å²) in [7, 11) is 0. The van der Waals surface area contributed by atoms with Gasteiger partial charge in [0, 0.05) is 0 Å². The Hall–Kier alpha value is -7.96. The summed E-state index contributed by atoms with van der Waals surface area (Å²) in [5.74, 6) is 0. The molecule has 68 heavy (non-hydrogen) atoms. The van der Waals surface area contributed by atoms with Crippen LogP contribution in [0.25, 0.3) is 110 Å². The minimum atomic E-state index is -5.33. The van der Waals surface area contributed by atoms with E-state index in [0.717, 1.165) is 110 Å². The third-order valence-corrected chi connectivity index (χ3v) is 13.9. The number of rotatable bonds is 9. The van der Waals surface area contributed by atoms with Gasteiger partial charge in [-0.15, -0.1) is 0 Å². The van der Waals surface area contributed by atoms with E-state index < -0.39 is 29.0 Å². The third-order valence-electron chi connectivity index (χ3n) is 13.9. The summed E-state index contributed by atoms with van der Waals surface area (Å²) in [5.41, 5.74) is 7.65. The van der Waals surface area contributed by atoms with Gasteiger partial charge >= 0.3 is 12.4 Å². The second-order valence-corrected chi connectivity index (χ2v) is 17.5. The molecule has 0 amide bonds. The Morgan fingerprint density at radius 3 is 1.53 bits per heavy atom. The van der Waals surface area contributed by atoms with Crippen LogP contribution in [0.3, 0.4) is 0 Å².